The Labute approximate surface area is 151 Å². The van der Waals surface area contributed by atoms with E-state index in [1.807, 2.05) is 11.3 Å². The van der Waals surface area contributed by atoms with Crippen molar-refractivity contribution in [3.63, 3.8) is 0 Å². The second-order valence-corrected chi connectivity index (χ2v) is 7.75. The monoisotopic (exact) mass is 389 g/mol. The van der Waals surface area contributed by atoms with E-state index < -0.39 is 0 Å². The summed E-state index contributed by atoms with van der Waals surface area (Å²) in [5.41, 5.74) is 3.26. The quantitative estimate of drug-likeness (QED) is 0.299. The number of para-hydroxylation sites is 1. The molecule has 3 heteroatoms. The Hall–Kier alpha value is -2.23. The van der Waals surface area contributed by atoms with Gasteiger partial charge in [-0.25, -0.2) is 4.98 Å². The molecule has 0 atom stereocenters. The lowest BCUT2D eigenvalue weighted by Gasteiger charge is -2.07. The summed E-state index contributed by atoms with van der Waals surface area (Å²) in [6, 6.07) is 25.4. The Kier molecular flexibility index (Phi) is 3.18. The van der Waals surface area contributed by atoms with Crippen molar-refractivity contribution in [1.29, 1.82) is 0 Å². The summed E-state index contributed by atoms with van der Waals surface area (Å²) in [4.78, 5) is 5.02. The number of halogens is 1. The summed E-state index contributed by atoms with van der Waals surface area (Å²) >= 11 is 5.38. The molecule has 0 saturated heterocycles. The van der Waals surface area contributed by atoms with E-state index in [1.165, 1.54) is 25.6 Å². The average Bonchev–Trinajstić information content (AvgIpc) is 3.02. The smallest absolute Gasteiger partial charge is 0.0802 e. The van der Waals surface area contributed by atoms with E-state index in [0.717, 1.165) is 21.2 Å². The third-order valence-electron chi connectivity index (χ3n) is 4.33. The minimum atomic E-state index is 1.05. The van der Waals surface area contributed by atoms with Crippen molar-refractivity contribution in [2.45, 2.75) is 0 Å². The molecule has 2 aromatic heterocycles. The van der Waals surface area contributed by atoms with Gasteiger partial charge < -0.3 is 0 Å². The van der Waals surface area contributed by atoms with Crippen LogP contribution in [0.15, 0.2) is 77.3 Å². The number of fused-ring (bicyclic) bond motifs is 5. The fourth-order valence-corrected chi connectivity index (χ4v) is 4.73. The first-order valence-electron chi connectivity index (χ1n) is 7.77. The maximum absolute atomic E-state index is 5.02. The summed E-state index contributed by atoms with van der Waals surface area (Å²) in [5.74, 6) is 0. The van der Waals surface area contributed by atoms with Crippen molar-refractivity contribution in [2.24, 2.45) is 0 Å². The van der Waals surface area contributed by atoms with Crippen molar-refractivity contribution in [2.75, 3.05) is 0 Å². The molecule has 1 nitrogen and oxygen atoms in total. The van der Waals surface area contributed by atoms with E-state index in [1.54, 1.807) is 0 Å². The highest BCUT2D eigenvalue weighted by Crippen LogP contribution is 2.42. The van der Waals surface area contributed by atoms with Gasteiger partial charge in [0.2, 0.25) is 0 Å². The largest absolute Gasteiger partial charge is 0.247 e. The Bertz CT molecular complexity index is 1210. The lowest BCUT2D eigenvalue weighted by molar-refractivity contribution is 1.43. The minimum absolute atomic E-state index is 1.05. The lowest BCUT2D eigenvalue weighted by atomic mass is 10.0. The third-order valence-corrected chi connectivity index (χ3v) is 6.06. The van der Waals surface area contributed by atoms with Crippen LogP contribution in [-0.4, -0.2) is 4.98 Å². The van der Waals surface area contributed by atoms with Crippen LogP contribution < -0.4 is 0 Å². The number of aromatic nitrogens is 1. The predicted molar refractivity (Wildman–Crippen MR) is 108 cm³/mol. The van der Waals surface area contributed by atoms with Crippen LogP contribution in [0.5, 0.6) is 0 Å². The SMILES string of the molecule is Brc1ccc(-c2nc3ccccc3c3sc4ccccc4c23)cc1. The summed E-state index contributed by atoms with van der Waals surface area (Å²) in [5, 5.41) is 3.78. The lowest BCUT2D eigenvalue weighted by Crippen LogP contribution is -1.87. The van der Waals surface area contributed by atoms with Crippen molar-refractivity contribution < 1.29 is 0 Å². The van der Waals surface area contributed by atoms with E-state index in [2.05, 4.69) is 88.7 Å². The first-order valence-corrected chi connectivity index (χ1v) is 9.38. The topological polar surface area (TPSA) is 12.9 Å². The first kappa shape index (κ1) is 14.1. The molecule has 0 unspecified atom stereocenters. The second kappa shape index (κ2) is 5.40. The van der Waals surface area contributed by atoms with Crippen molar-refractivity contribution in [3.05, 3.63) is 77.3 Å². The summed E-state index contributed by atoms with van der Waals surface area (Å²) in [7, 11) is 0. The molecule has 0 radical (unpaired) electrons. The predicted octanol–water partition coefficient (Wildman–Crippen LogP) is 7.03. The zero-order valence-electron chi connectivity index (χ0n) is 12.7. The third kappa shape index (κ3) is 2.09. The van der Waals surface area contributed by atoms with Gasteiger partial charge in [0.15, 0.2) is 0 Å². The highest BCUT2D eigenvalue weighted by molar-refractivity contribution is 9.10. The van der Waals surface area contributed by atoms with Gasteiger partial charge in [0.25, 0.3) is 0 Å². The van der Waals surface area contributed by atoms with Gasteiger partial charge in [-0.05, 0) is 24.3 Å². The molecule has 0 aliphatic rings. The van der Waals surface area contributed by atoms with Crippen LogP contribution in [0.3, 0.4) is 0 Å². The van der Waals surface area contributed by atoms with Crippen LogP contribution in [0.4, 0.5) is 0 Å². The van der Waals surface area contributed by atoms with Crippen LogP contribution in [0.25, 0.3) is 42.3 Å². The van der Waals surface area contributed by atoms with E-state index in [4.69, 9.17) is 4.98 Å². The molecule has 24 heavy (non-hydrogen) atoms. The maximum Gasteiger partial charge on any atom is 0.0802 e. The molecular weight excluding hydrogens is 378 g/mol. The number of pyridine rings is 1. The van der Waals surface area contributed by atoms with E-state index in [-0.39, 0.29) is 0 Å². The maximum atomic E-state index is 5.02. The first-order chi connectivity index (χ1) is 11.8. The standard InChI is InChI=1S/C21H12BrNS/c22-14-11-9-13(10-12-14)20-19-16-6-2-4-8-18(16)24-21(19)15-5-1-3-7-17(15)23-20/h1-12H. The fraction of sp³-hybridized carbons (Fsp3) is 0. The van der Waals surface area contributed by atoms with Gasteiger partial charge in [-0.15, -0.1) is 11.3 Å². The van der Waals surface area contributed by atoms with Crippen LogP contribution in [-0.2, 0) is 0 Å². The molecule has 0 bridgehead atoms. The Morgan fingerprint density at radius 3 is 2.29 bits per heavy atom. The highest BCUT2D eigenvalue weighted by atomic mass is 79.9. The molecule has 0 aliphatic carbocycles. The molecule has 0 fully saturated rings. The Balaban J connectivity index is 2.01. The molecule has 3 aromatic carbocycles. The Morgan fingerprint density at radius 1 is 0.750 bits per heavy atom. The van der Waals surface area contributed by atoms with Crippen molar-refractivity contribution >= 4 is 58.3 Å². The zero-order chi connectivity index (χ0) is 16.1. The molecule has 0 spiro atoms. The normalized spacial score (nSPS) is 11.5. The number of thiophene rings is 1. The summed E-state index contributed by atoms with van der Waals surface area (Å²) in [6.45, 7) is 0. The molecule has 0 N–H and O–H groups in total. The molecule has 5 aromatic rings. The summed E-state index contributed by atoms with van der Waals surface area (Å²) in [6.07, 6.45) is 0. The van der Waals surface area contributed by atoms with E-state index in [9.17, 15) is 0 Å². The number of nitrogens with zero attached hydrogens (tertiary/aromatic N) is 1. The van der Waals surface area contributed by atoms with Gasteiger partial charge in [0, 0.05) is 35.6 Å². The molecule has 5 rings (SSSR count). The van der Waals surface area contributed by atoms with Crippen LogP contribution in [0.2, 0.25) is 0 Å². The van der Waals surface area contributed by atoms with Crippen LogP contribution in [0.1, 0.15) is 0 Å². The van der Waals surface area contributed by atoms with Crippen molar-refractivity contribution in [1.82, 2.24) is 4.98 Å². The summed E-state index contributed by atoms with van der Waals surface area (Å²) < 4.78 is 3.71. The number of rotatable bonds is 1. The fourth-order valence-electron chi connectivity index (χ4n) is 3.23. The van der Waals surface area contributed by atoms with Gasteiger partial charge in [0.1, 0.15) is 0 Å². The van der Waals surface area contributed by atoms with Crippen molar-refractivity contribution in [3.8, 4) is 11.3 Å². The highest BCUT2D eigenvalue weighted by Gasteiger charge is 2.15. The van der Waals surface area contributed by atoms with Gasteiger partial charge in [-0.2, -0.15) is 0 Å². The van der Waals surface area contributed by atoms with E-state index >= 15 is 0 Å². The van der Waals surface area contributed by atoms with Gasteiger partial charge in [0.05, 0.1) is 11.2 Å². The van der Waals surface area contributed by atoms with Crippen LogP contribution in [0, 0.1) is 0 Å². The minimum Gasteiger partial charge on any atom is -0.247 e. The molecule has 0 aliphatic heterocycles. The molecule has 2 heterocycles. The average molecular weight is 390 g/mol. The van der Waals surface area contributed by atoms with Crippen LogP contribution >= 0.6 is 27.3 Å². The van der Waals surface area contributed by atoms with Gasteiger partial charge in [-0.3, -0.25) is 0 Å². The molecular formula is C21H12BrNS. The number of hydrogen-bond donors (Lipinski definition) is 0. The zero-order valence-corrected chi connectivity index (χ0v) is 15.1. The number of hydrogen-bond acceptors (Lipinski definition) is 2. The molecule has 0 amide bonds. The van der Waals surface area contributed by atoms with Gasteiger partial charge >= 0.3 is 0 Å². The second-order valence-electron chi connectivity index (χ2n) is 5.79. The Morgan fingerprint density at radius 2 is 1.46 bits per heavy atom. The van der Waals surface area contributed by atoms with E-state index in [0.29, 0.717) is 0 Å². The molecule has 0 saturated carbocycles. The molecule has 114 valence electrons. The number of benzene rings is 3. The van der Waals surface area contributed by atoms with Gasteiger partial charge in [-0.1, -0.05) is 64.5 Å².